The Labute approximate surface area is 119 Å². The summed E-state index contributed by atoms with van der Waals surface area (Å²) in [5.74, 6) is -0.207. The van der Waals surface area contributed by atoms with Gasteiger partial charge in [0.2, 0.25) is 0 Å². The fourth-order valence-electron chi connectivity index (χ4n) is 2.14. The number of benzene rings is 1. The van der Waals surface area contributed by atoms with Gasteiger partial charge in [0.1, 0.15) is 11.2 Å². The topological polar surface area (TPSA) is 88.9 Å². The van der Waals surface area contributed by atoms with Gasteiger partial charge in [-0.3, -0.25) is 4.98 Å². The van der Waals surface area contributed by atoms with Crippen LogP contribution in [0.25, 0.3) is 11.0 Å². The van der Waals surface area contributed by atoms with Gasteiger partial charge in [-0.2, -0.15) is 0 Å². The van der Waals surface area contributed by atoms with E-state index >= 15 is 0 Å². The number of hydrogen-bond donors (Lipinski definition) is 1. The molecule has 0 atom stereocenters. The third kappa shape index (κ3) is 3.05. The van der Waals surface area contributed by atoms with Crippen molar-refractivity contribution in [3.8, 4) is 0 Å². The Balaban J connectivity index is 1.76. The minimum absolute atomic E-state index is 0.182. The van der Waals surface area contributed by atoms with Crippen molar-refractivity contribution in [2.45, 2.75) is 19.3 Å². The summed E-state index contributed by atoms with van der Waals surface area (Å²) in [5, 5.41) is 0.182. The lowest BCUT2D eigenvalue weighted by atomic mass is 10.1. The van der Waals surface area contributed by atoms with Crippen LogP contribution in [0.1, 0.15) is 17.8 Å². The van der Waals surface area contributed by atoms with E-state index in [-0.39, 0.29) is 11.0 Å². The zero-order valence-corrected chi connectivity index (χ0v) is 11.2. The molecule has 0 aliphatic rings. The van der Waals surface area contributed by atoms with Gasteiger partial charge in [-0.15, -0.1) is 0 Å². The first-order valence-corrected chi connectivity index (χ1v) is 6.65. The maximum atomic E-state index is 11.4. The Hall–Kier alpha value is -2.76. The Bertz CT molecular complexity index is 868. The Morgan fingerprint density at radius 3 is 2.71 bits per heavy atom. The van der Waals surface area contributed by atoms with Crippen molar-refractivity contribution < 1.29 is 4.42 Å². The smallest absolute Gasteiger partial charge is 0.372 e. The van der Waals surface area contributed by atoms with Crippen LogP contribution in [0.4, 0.5) is 0 Å². The molecule has 106 valence electrons. The molecule has 3 rings (SSSR count). The lowest BCUT2D eigenvalue weighted by Gasteiger charge is -2.02. The molecule has 0 saturated carbocycles. The lowest BCUT2D eigenvalue weighted by molar-refractivity contribution is 0.459. The highest BCUT2D eigenvalue weighted by atomic mass is 16.4. The van der Waals surface area contributed by atoms with E-state index < -0.39 is 11.4 Å². The molecule has 0 spiro atoms. The maximum absolute atomic E-state index is 11.4. The number of nitrogens with zero attached hydrogens (tertiary/aromatic N) is 2. The van der Waals surface area contributed by atoms with Gasteiger partial charge >= 0.3 is 11.4 Å². The number of aryl methyl sites for hydroxylation is 2. The fraction of sp³-hybridized carbons (Fsp3) is 0.200. The molecule has 0 aliphatic heterocycles. The largest absolute Gasteiger partial charge is 0.420 e. The summed E-state index contributed by atoms with van der Waals surface area (Å²) in [6.07, 6.45) is 3.88. The molecular weight excluding hydrogens is 270 g/mol. The van der Waals surface area contributed by atoms with Crippen LogP contribution in [0.2, 0.25) is 0 Å². The molecule has 2 heterocycles. The van der Waals surface area contributed by atoms with E-state index in [0.717, 1.165) is 12.8 Å². The van der Waals surface area contributed by atoms with E-state index in [1.54, 1.807) is 0 Å². The van der Waals surface area contributed by atoms with Crippen LogP contribution in [0.15, 0.2) is 50.5 Å². The van der Waals surface area contributed by atoms with Crippen LogP contribution in [-0.2, 0) is 12.8 Å². The molecule has 0 aliphatic carbocycles. The molecule has 1 aromatic carbocycles. The Morgan fingerprint density at radius 2 is 1.90 bits per heavy atom. The minimum atomic E-state index is -0.804. The molecule has 21 heavy (non-hydrogen) atoms. The quantitative estimate of drug-likeness (QED) is 0.782. The van der Waals surface area contributed by atoms with Crippen LogP contribution in [-0.4, -0.2) is 15.0 Å². The third-order valence-corrected chi connectivity index (χ3v) is 3.17. The van der Waals surface area contributed by atoms with Gasteiger partial charge in [0.25, 0.3) is 0 Å². The Morgan fingerprint density at radius 1 is 1.10 bits per heavy atom. The van der Waals surface area contributed by atoms with E-state index in [9.17, 15) is 9.59 Å². The second kappa shape index (κ2) is 5.70. The van der Waals surface area contributed by atoms with Crippen LogP contribution in [0.3, 0.4) is 0 Å². The highest BCUT2D eigenvalue weighted by Crippen LogP contribution is 2.07. The molecule has 6 nitrogen and oxygen atoms in total. The first kappa shape index (κ1) is 13.2. The summed E-state index contributed by atoms with van der Waals surface area (Å²) < 4.78 is 4.42. The van der Waals surface area contributed by atoms with Gasteiger partial charge in [-0.1, -0.05) is 30.3 Å². The molecule has 0 amide bonds. The average molecular weight is 283 g/mol. The zero-order valence-electron chi connectivity index (χ0n) is 11.2. The summed E-state index contributed by atoms with van der Waals surface area (Å²) in [6, 6.07) is 10.1. The van der Waals surface area contributed by atoms with Crippen LogP contribution < -0.4 is 11.4 Å². The number of aromatic amines is 1. The van der Waals surface area contributed by atoms with Crippen molar-refractivity contribution in [2.75, 3.05) is 0 Å². The van der Waals surface area contributed by atoms with E-state index in [1.165, 1.54) is 11.8 Å². The minimum Gasteiger partial charge on any atom is -0.372 e. The normalized spacial score (nSPS) is 10.9. The van der Waals surface area contributed by atoms with Gasteiger partial charge in [-0.25, -0.2) is 19.6 Å². The third-order valence-electron chi connectivity index (χ3n) is 3.17. The monoisotopic (exact) mass is 283 g/mol. The molecule has 0 bridgehead atoms. The maximum Gasteiger partial charge on any atom is 0.420 e. The molecular formula is C15H13N3O3. The van der Waals surface area contributed by atoms with E-state index in [0.29, 0.717) is 12.2 Å². The van der Waals surface area contributed by atoms with Crippen LogP contribution in [0, 0.1) is 0 Å². The summed E-state index contributed by atoms with van der Waals surface area (Å²) >= 11 is 0. The highest BCUT2D eigenvalue weighted by molar-refractivity contribution is 5.70. The number of H-pyrrole nitrogens is 1. The van der Waals surface area contributed by atoms with Crippen LogP contribution in [0.5, 0.6) is 0 Å². The number of fused-ring (bicyclic) bond motifs is 1. The first-order valence-electron chi connectivity index (χ1n) is 6.65. The molecule has 1 N–H and O–H groups in total. The van der Waals surface area contributed by atoms with Gasteiger partial charge in [0, 0.05) is 12.6 Å². The molecule has 0 unspecified atom stereocenters. The molecule has 0 radical (unpaired) electrons. The predicted molar refractivity (Wildman–Crippen MR) is 77.2 cm³/mol. The number of rotatable bonds is 4. The van der Waals surface area contributed by atoms with Crippen molar-refractivity contribution in [1.82, 2.24) is 15.0 Å². The van der Waals surface area contributed by atoms with Crippen molar-refractivity contribution in [2.24, 2.45) is 0 Å². The first-order chi connectivity index (χ1) is 10.2. The van der Waals surface area contributed by atoms with Crippen molar-refractivity contribution in [1.29, 1.82) is 0 Å². The molecule has 3 aromatic rings. The number of aromatic nitrogens is 3. The molecule has 6 heteroatoms. The summed E-state index contributed by atoms with van der Waals surface area (Å²) in [5.41, 5.74) is 0.762. The summed E-state index contributed by atoms with van der Waals surface area (Å²) in [4.78, 5) is 33.3. The van der Waals surface area contributed by atoms with Gasteiger partial charge in [0.15, 0.2) is 5.65 Å². The summed E-state index contributed by atoms with van der Waals surface area (Å²) in [7, 11) is 0. The van der Waals surface area contributed by atoms with Crippen molar-refractivity contribution in [3.05, 3.63) is 68.9 Å². The summed E-state index contributed by atoms with van der Waals surface area (Å²) in [6.45, 7) is 0. The van der Waals surface area contributed by atoms with E-state index in [4.69, 9.17) is 0 Å². The number of nitrogens with one attached hydrogen (secondary N) is 1. The van der Waals surface area contributed by atoms with Crippen molar-refractivity contribution in [3.63, 3.8) is 0 Å². The van der Waals surface area contributed by atoms with E-state index in [2.05, 4.69) is 31.5 Å². The Kier molecular flexibility index (Phi) is 3.59. The highest BCUT2D eigenvalue weighted by Gasteiger charge is 2.06. The molecule has 2 aromatic heterocycles. The second-order valence-corrected chi connectivity index (χ2v) is 4.69. The molecule has 0 saturated heterocycles. The SMILES string of the molecule is O=c1[nH]c2nc(CCCc3ccccc3)ncc2c(=O)o1. The second-order valence-electron chi connectivity index (χ2n) is 4.69. The van der Waals surface area contributed by atoms with Crippen molar-refractivity contribution >= 4 is 11.0 Å². The van der Waals surface area contributed by atoms with Gasteiger partial charge < -0.3 is 4.42 Å². The fourth-order valence-corrected chi connectivity index (χ4v) is 2.14. The number of hydrogen-bond acceptors (Lipinski definition) is 5. The average Bonchev–Trinajstić information content (AvgIpc) is 2.48. The predicted octanol–water partition coefficient (Wildman–Crippen LogP) is 1.45. The van der Waals surface area contributed by atoms with Crippen LogP contribution >= 0.6 is 0 Å². The lowest BCUT2D eigenvalue weighted by Crippen LogP contribution is -2.16. The van der Waals surface area contributed by atoms with Gasteiger partial charge in [-0.05, 0) is 18.4 Å². The van der Waals surface area contributed by atoms with E-state index in [1.807, 2.05) is 18.2 Å². The molecule has 0 fully saturated rings. The standard InChI is InChI=1S/C15H13N3O3/c19-14-11-9-16-12(17-13(11)18-15(20)21-14)8-4-7-10-5-2-1-3-6-10/h1-3,5-6,9H,4,7-8H2,(H,16,17,18,20). The zero-order chi connectivity index (χ0) is 14.7. The van der Waals surface area contributed by atoms with Gasteiger partial charge in [0.05, 0.1) is 0 Å².